The van der Waals surface area contributed by atoms with Gasteiger partial charge >= 0.3 is 0 Å². The molecule has 1 aromatic heterocycles. The number of fused-ring (bicyclic) bond motifs is 5. The molecule has 0 radical (unpaired) electrons. The largest absolute Gasteiger partial charge is 0.309 e. The Morgan fingerprint density at radius 2 is 0.936 bits per heavy atom. The van der Waals surface area contributed by atoms with Gasteiger partial charge in [-0.2, -0.15) is 0 Å². The SMILES string of the molecule is Cc1ccccc1-c1c2ccccc2c(N(c2ccccc2)c2ccc3c(c2)c2ccccc2n3-c2ccccc2)c2ccccc12. The van der Waals surface area contributed by atoms with E-state index in [9.17, 15) is 0 Å². The van der Waals surface area contributed by atoms with Crippen LogP contribution >= 0.6 is 0 Å². The van der Waals surface area contributed by atoms with Gasteiger partial charge in [0.1, 0.15) is 0 Å². The van der Waals surface area contributed by atoms with E-state index in [0.29, 0.717) is 0 Å². The van der Waals surface area contributed by atoms with Crippen molar-refractivity contribution in [1.82, 2.24) is 4.57 Å². The Morgan fingerprint density at radius 3 is 1.62 bits per heavy atom. The molecule has 0 unspecified atom stereocenters. The van der Waals surface area contributed by atoms with Crippen LogP contribution in [0.1, 0.15) is 5.56 Å². The van der Waals surface area contributed by atoms with Crippen LogP contribution in [0.15, 0.2) is 176 Å². The molecule has 0 saturated carbocycles. The Balaban J connectivity index is 1.39. The minimum atomic E-state index is 1.12. The maximum atomic E-state index is 2.46. The van der Waals surface area contributed by atoms with E-state index < -0.39 is 0 Å². The fraction of sp³-hybridized carbons (Fsp3) is 0.0222. The highest BCUT2D eigenvalue weighted by molar-refractivity contribution is 6.23. The van der Waals surface area contributed by atoms with E-state index in [-0.39, 0.29) is 0 Å². The van der Waals surface area contributed by atoms with Crippen molar-refractivity contribution in [2.75, 3.05) is 4.90 Å². The fourth-order valence-electron chi connectivity index (χ4n) is 7.43. The van der Waals surface area contributed by atoms with Gasteiger partial charge in [0.25, 0.3) is 0 Å². The first-order valence-electron chi connectivity index (χ1n) is 16.2. The molecule has 0 atom stereocenters. The van der Waals surface area contributed by atoms with Gasteiger partial charge in [-0.3, -0.25) is 0 Å². The molecule has 1 heterocycles. The standard InChI is InChI=1S/C45H32N2/c1-31-16-8-9-21-35(31)44-37-23-10-12-25-39(37)45(40-26-13-11-24-38(40)44)46(32-17-4-2-5-18-32)34-28-29-43-41(30-34)36-22-14-15-27-42(36)47(43)33-19-6-3-7-20-33/h2-30H,1H3. The summed E-state index contributed by atoms with van der Waals surface area (Å²) >= 11 is 0. The van der Waals surface area contributed by atoms with Crippen LogP contribution in [0.3, 0.4) is 0 Å². The first-order valence-corrected chi connectivity index (χ1v) is 16.2. The van der Waals surface area contributed by atoms with Crippen molar-refractivity contribution in [3.05, 3.63) is 181 Å². The van der Waals surface area contributed by atoms with Gasteiger partial charge in [0, 0.05) is 38.6 Å². The highest BCUT2D eigenvalue weighted by atomic mass is 15.1. The molecule has 0 aliphatic heterocycles. The molecule has 0 bridgehead atoms. The third-order valence-electron chi connectivity index (χ3n) is 9.48. The van der Waals surface area contributed by atoms with Gasteiger partial charge in [-0.15, -0.1) is 0 Å². The van der Waals surface area contributed by atoms with Crippen molar-refractivity contribution >= 4 is 60.4 Å². The second-order valence-electron chi connectivity index (χ2n) is 12.2. The third-order valence-corrected chi connectivity index (χ3v) is 9.48. The number of hydrogen-bond acceptors (Lipinski definition) is 1. The van der Waals surface area contributed by atoms with E-state index >= 15 is 0 Å². The second kappa shape index (κ2) is 11.0. The average Bonchev–Trinajstić information content (AvgIpc) is 3.47. The normalized spacial score (nSPS) is 11.5. The molecule has 222 valence electrons. The maximum absolute atomic E-state index is 2.46. The summed E-state index contributed by atoms with van der Waals surface area (Å²) in [6, 6.07) is 63.7. The molecule has 0 aliphatic rings. The fourth-order valence-corrected chi connectivity index (χ4v) is 7.43. The second-order valence-corrected chi connectivity index (χ2v) is 12.2. The van der Waals surface area contributed by atoms with Crippen molar-refractivity contribution in [1.29, 1.82) is 0 Å². The minimum Gasteiger partial charge on any atom is -0.309 e. The molecule has 47 heavy (non-hydrogen) atoms. The van der Waals surface area contributed by atoms with Crippen LogP contribution in [-0.4, -0.2) is 4.57 Å². The molecule has 0 fully saturated rings. The monoisotopic (exact) mass is 600 g/mol. The summed E-state index contributed by atoms with van der Waals surface area (Å²) in [7, 11) is 0. The number of hydrogen-bond donors (Lipinski definition) is 0. The molecule has 0 aliphatic carbocycles. The van der Waals surface area contributed by atoms with Gasteiger partial charge in [0.15, 0.2) is 0 Å². The summed E-state index contributed by atoms with van der Waals surface area (Å²) in [5.41, 5.74) is 10.8. The Bertz CT molecular complexity index is 2520. The van der Waals surface area contributed by atoms with Gasteiger partial charge in [-0.25, -0.2) is 0 Å². The Labute approximate surface area is 274 Å². The minimum absolute atomic E-state index is 1.12. The zero-order chi connectivity index (χ0) is 31.3. The summed E-state index contributed by atoms with van der Waals surface area (Å²) in [6.07, 6.45) is 0. The van der Waals surface area contributed by atoms with Gasteiger partial charge in [-0.05, 0) is 82.9 Å². The molecular formula is C45H32N2. The lowest BCUT2D eigenvalue weighted by Crippen LogP contribution is -2.11. The number of rotatable bonds is 5. The molecule has 2 nitrogen and oxygen atoms in total. The summed E-state index contributed by atoms with van der Waals surface area (Å²) in [6.45, 7) is 2.21. The van der Waals surface area contributed by atoms with Crippen molar-refractivity contribution in [2.24, 2.45) is 0 Å². The Morgan fingerprint density at radius 1 is 0.404 bits per heavy atom. The zero-order valence-electron chi connectivity index (χ0n) is 26.1. The number of benzene rings is 8. The van der Waals surface area contributed by atoms with E-state index in [1.54, 1.807) is 0 Å². The third kappa shape index (κ3) is 4.34. The van der Waals surface area contributed by atoms with Gasteiger partial charge in [0.05, 0.1) is 16.7 Å². The molecule has 9 aromatic rings. The molecule has 0 spiro atoms. The number of para-hydroxylation sites is 3. The van der Waals surface area contributed by atoms with Crippen molar-refractivity contribution in [3.8, 4) is 16.8 Å². The van der Waals surface area contributed by atoms with E-state index in [1.165, 1.54) is 65.7 Å². The molecular weight excluding hydrogens is 569 g/mol. The number of aromatic nitrogens is 1. The summed E-state index contributed by atoms with van der Waals surface area (Å²) in [5, 5.41) is 7.41. The van der Waals surface area contributed by atoms with Crippen LogP contribution in [-0.2, 0) is 0 Å². The maximum Gasteiger partial charge on any atom is 0.0618 e. The first kappa shape index (κ1) is 27.2. The topological polar surface area (TPSA) is 8.17 Å². The first-order chi connectivity index (χ1) is 23.3. The van der Waals surface area contributed by atoms with E-state index in [0.717, 1.165) is 17.1 Å². The molecule has 9 rings (SSSR count). The quantitative estimate of drug-likeness (QED) is 0.178. The average molecular weight is 601 g/mol. The predicted molar refractivity (Wildman–Crippen MR) is 201 cm³/mol. The van der Waals surface area contributed by atoms with Crippen LogP contribution in [0, 0.1) is 6.92 Å². The van der Waals surface area contributed by atoms with E-state index in [1.807, 2.05) is 0 Å². The van der Waals surface area contributed by atoms with Crippen LogP contribution < -0.4 is 4.90 Å². The van der Waals surface area contributed by atoms with Crippen LogP contribution in [0.5, 0.6) is 0 Å². The Kier molecular flexibility index (Phi) is 6.39. The highest BCUT2D eigenvalue weighted by Crippen LogP contribution is 2.49. The van der Waals surface area contributed by atoms with Crippen LogP contribution in [0.25, 0.3) is 60.2 Å². The van der Waals surface area contributed by atoms with Gasteiger partial charge < -0.3 is 9.47 Å². The van der Waals surface area contributed by atoms with Gasteiger partial charge in [-0.1, -0.05) is 127 Å². The molecule has 0 N–H and O–H groups in total. The predicted octanol–water partition coefficient (Wildman–Crippen LogP) is 12.5. The zero-order valence-corrected chi connectivity index (χ0v) is 26.1. The van der Waals surface area contributed by atoms with Crippen LogP contribution in [0.4, 0.5) is 17.1 Å². The van der Waals surface area contributed by atoms with Gasteiger partial charge in [0.2, 0.25) is 0 Å². The lowest BCUT2D eigenvalue weighted by molar-refractivity contribution is 1.18. The van der Waals surface area contributed by atoms with E-state index in [2.05, 4.69) is 192 Å². The summed E-state index contributed by atoms with van der Waals surface area (Å²) in [5.74, 6) is 0. The van der Waals surface area contributed by atoms with Crippen molar-refractivity contribution in [2.45, 2.75) is 6.92 Å². The van der Waals surface area contributed by atoms with Crippen LogP contribution in [0.2, 0.25) is 0 Å². The Hall–Kier alpha value is -6.12. The summed E-state index contributed by atoms with van der Waals surface area (Å²) in [4.78, 5) is 2.46. The molecule has 0 saturated heterocycles. The van der Waals surface area contributed by atoms with Crippen molar-refractivity contribution in [3.63, 3.8) is 0 Å². The molecule has 0 amide bonds. The highest BCUT2D eigenvalue weighted by Gasteiger charge is 2.23. The smallest absolute Gasteiger partial charge is 0.0618 e. The van der Waals surface area contributed by atoms with E-state index in [4.69, 9.17) is 0 Å². The number of nitrogens with zero attached hydrogens (tertiary/aromatic N) is 2. The number of aryl methyl sites for hydroxylation is 1. The summed E-state index contributed by atoms with van der Waals surface area (Å²) < 4.78 is 2.38. The molecule has 8 aromatic carbocycles. The number of anilines is 3. The lowest BCUT2D eigenvalue weighted by Gasteiger charge is -2.30. The molecule has 2 heteroatoms. The lowest BCUT2D eigenvalue weighted by atomic mass is 9.88. The van der Waals surface area contributed by atoms with Crippen molar-refractivity contribution < 1.29 is 0 Å².